The van der Waals surface area contributed by atoms with Gasteiger partial charge in [0.25, 0.3) is 0 Å². The van der Waals surface area contributed by atoms with E-state index in [9.17, 15) is 14.4 Å². The van der Waals surface area contributed by atoms with Crippen molar-refractivity contribution in [3.05, 3.63) is 0 Å². The minimum absolute atomic E-state index is 0.152. The summed E-state index contributed by atoms with van der Waals surface area (Å²) in [6.07, 6.45) is 1.71. The Hall–Kier alpha value is -1.79. The van der Waals surface area contributed by atoms with Crippen LogP contribution in [0.2, 0.25) is 0 Å². The van der Waals surface area contributed by atoms with Crippen LogP contribution >= 0.6 is 0 Å². The first-order valence-corrected chi connectivity index (χ1v) is 6.47. The van der Waals surface area contributed by atoms with Gasteiger partial charge < -0.3 is 21.1 Å². The fourth-order valence-corrected chi connectivity index (χ4v) is 1.96. The summed E-state index contributed by atoms with van der Waals surface area (Å²) in [6.45, 7) is 4.37. The Kier molecular flexibility index (Phi) is 5.59. The second-order valence-corrected chi connectivity index (χ2v) is 5.12. The smallest absolute Gasteiger partial charge is 0.326 e. The molecule has 0 aromatic heterocycles. The number of carboxylic acids is 1. The van der Waals surface area contributed by atoms with Crippen molar-refractivity contribution in [3.8, 4) is 0 Å². The van der Waals surface area contributed by atoms with Crippen LogP contribution in [-0.2, 0) is 9.59 Å². The molecule has 0 radical (unpaired) electrons. The zero-order valence-corrected chi connectivity index (χ0v) is 11.2. The minimum atomic E-state index is -1.07. The van der Waals surface area contributed by atoms with E-state index in [1.165, 1.54) is 0 Å². The maximum absolute atomic E-state index is 11.7. The average molecular weight is 271 g/mol. The van der Waals surface area contributed by atoms with Gasteiger partial charge >= 0.3 is 12.0 Å². The molecule has 0 aromatic carbocycles. The van der Waals surface area contributed by atoms with Gasteiger partial charge in [-0.05, 0) is 25.2 Å². The Balaban J connectivity index is 2.47. The molecule has 2 unspecified atom stereocenters. The van der Waals surface area contributed by atoms with Gasteiger partial charge in [-0.25, -0.2) is 9.59 Å². The first kappa shape index (κ1) is 15.3. The Morgan fingerprint density at radius 3 is 2.68 bits per heavy atom. The lowest BCUT2D eigenvalue weighted by molar-refractivity contribution is -0.139. The number of carbonyl (C=O) groups excluding carboxylic acids is 2. The molecule has 0 saturated carbocycles. The van der Waals surface area contributed by atoms with Gasteiger partial charge in [0.15, 0.2) is 0 Å². The third kappa shape index (κ3) is 5.15. The first-order chi connectivity index (χ1) is 8.90. The number of amides is 3. The molecule has 0 aliphatic carbocycles. The Labute approximate surface area is 112 Å². The van der Waals surface area contributed by atoms with Crippen molar-refractivity contribution in [3.63, 3.8) is 0 Å². The highest BCUT2D eigenvalue weighted by molar-refractivity contribution is 5.89. The Morgan fingerprint density at radius 2 is 2.16 bits per heavy atom. The molecule has 7 nitrogen and oxygen atoms in total. The molecule has 1 aliphatic heterocycles. The molecular formula is C12H21N3O4. The highest BCUT2D eigenvalue weighted by Crippen LogP contribution is 2.06. The molecule has 1 saturated heterocycles. The number of rotatable bonds is 5. The number of piperidine rings is 1. The van der Waals surface area contributed by atoms with Crippen LogP contribution in [0.15, 0.2) is 0 Å². The van der Waals surface area contributed by atoms with Crippen molar-refractivity contribution in [2.24, 2.45) is 5.92 Å². The second kappa shape index (κ2) is 6.96. The van der Waals surface area contributed by atoms with Crippen LogP contribution in [0.1, 0.15) is 33.1 Å². The third-order valence-electron chi connectivity index (χ3n) is 2.90. The second-order valence-electron chi connectivity index (χ2n) is 5.12. The number of nitrogens with one attached hydrogen (secondary N) is 3. The van der Waals surface area contributed by atoms with Crippen molar-refractivity contribution in [2.45, 2.75) is 45.2 Å². The SMILES string of the molecule is CC(C)CC(NC(=O)NC1CCCNC1=O)C(=O)O. The summed E-state index contributed by atoms with van der Waals surface area (Å²) in [5.74, 6) is -1.14. The van der Waals surface area contributed by atoms with Crippen molar-refractivity contribution in [1.82, 2.24) is 16.0 Å². The molecule has 4 N–H and O–H groups in total. The molecule has 0 spiro atoms. The monoisotopic (exact) mass is 271 g/mol. The van der Waals surface area contributed by atoms with Gasteiger partial charge in [-0.2, -0.15) is 0 Å². The van der Waals surface area contributed by atoms with Gasteiger partial charge in [0, 0.05) is 6.54 Å². The molecule has 1 heterocycles. The standard InChI is InChI=1S/C12H21N3O4/c1-7(2)6-9(11(17)18)15-12(19)14-8-4-3-5-13-10(8)16/h7-9H,3-6H2,1-2H3,(H,13,16)(H,17,18)(H2,14,15,19). The molecule has 108 valence electrons. The van der Waals surface area contributed by atoms with Crippen LogP contribution in [0.25, 0.3) is 0 Å². The average Bonchev–Trinajstić information content (AvgIpc) is 2.30. The van der Waals surface area contributed by atoms with Crippen LogP contribution in [0.4, 0.5) is 4.79 Å². The molecule has 1 aliphatic rings. The molecule has 7 heteroatoms. The van der Waals surface area contributed by atoms with Crippen LogP contribution in [0.3, 0.4) is 0 Å². The summed E-state index contributed by atoms with van der Waals surface area (Å²) in [5.41, 5.74) is 0. The van der Waals surface area contributed by atoms with Crippen molar-refractivity contribution in [2.75, 3.05) is 6.54 Å². The quantitative estimate of drug-likeness (QED) is 0.567. The maximum Gasteiger partial charge on any atom is 0.326 e. The van der Waals surface area contributed by atoms with Crippen molar-refractivity contribution in [1.29, 1.82) is 0 Å². The zero-order chi connectivity index (χ0) is 14.4. The fraction of sp³-hybridized carbons (Fsp3) is 0.750. The molecule has 3 amide bonds. The van der Waals surface area contributed by atoms with E-state index in [2.05, 4.69) is 16.0 Å². The van der Waals surface area contributed by atoms with E-state index >= 15 is 0 Å². The lowest BCUT2D eigenvalue weighted by Gasteiger charge is -2.24. The number of carboxylic acid groups (broad SMARTS) is 1. The number of aliphatic carboxylic acids is 1. The van der Waals surface area contributed by atoms with E-state index in [0.717, 1.165) is 6.42 Å². The van der Waals surface area contributed by atoms with Crippen LogP contribution in [0.5, 0.6) is 0 Å². The molecule has 0 bridgehead atoms. The van der Waals surface area contributed by atoms with E-state index in [1.807, 2.05) is 13.8 Å². The number of hydrogen-bond donors (Lipinski definition) is 4. The molecule has 1 fully saturated rings. The summed E-state index contributed by atoms with van der Waals surface area (Å²) in [6, 6.07) is -2.14. The van der Waals surface area contributed by atoms with Crippen LogP contribution in [-0.4, -0.2) is 41.6 Å². The highest BCUT2D eigenvalue weighted by Gasteiger charge is 2.26. The van der Waals surface area contributed by atoms with E-state index < -0.39 is 24.1 Å². The normalized spacial score (nSPS) is 20.6. The number of urea groups is 1. The van der Waals surface area contributed by atoms with Gasteiger partial charge in [-0.1, -0.05) is 13.8 Å². The summed E-state index contributed by atoms with van der Waals surface area (Å²) in [7, 11) is 0. The van der Waals surface area contributed by atoms with Crippen LogP contribution < -0.4 is 16.0 Å². The van der Waals surface area contributed by atoms with E-state index in [0.29, 0.717) is 19.4 Å². The Bertz CT molecular complexity index is 357. The predicted molar refractivity (Wildman–Crippen MR) is 68.6 cm³/mol. The van der Waals surface area contributed by atoms with Crippen molar-refractivity contribution >= 4 is 17.9 Å². The van der Waals surface area contributed by atoms with Gasteiger partial charge in [-0.15, -0.1) is 0 Å². The molecule has 1 rings (SSSR count). The van der Waals surface area contributed by atoms with Gasteiger partial charge in [0.2, 0.25) is 5.91 Å². The van der Waals surface area contributed by atoms with Gasteiger partial charge in [0.05, 0.1) is 0 Å². The van der Waals surface area contributed by atoms with E-state index in [4.69, 9.17) is 5.11 Å². The maximum atomic E-state index is 11.7. The predicted octanol–water partition coefficient (Wildman–Crippen LogP) is 0.0635. The Morgan fingerprint density at radius 1 is 1.47 bits per heavy atom. The highest BCUT2D eigenvalue weighted by atomic mass is 16.4. The first-order valence-electron chi connectivity index (χ1n) is 6.47. The zero-order valence-electron chi connectivity index (χ0n) is 11.2. The lowest BCUT2D eigenvalue weighted by Crippen LogP contribution is -2.55. The minimum Gasteiger partial charge on any atom is -0.480 e. The summed E-state index contributed by atoms with van der Waals surface area (Å²) >= 11 is 0. The lowest BCUT2D eigenvalue weighted by atomic mass is 10.0. The van der Waals surface area contributed by atoms with Gasteiger partial charge in [-0.3, -0.25) is 4.79 Å². The summed E-state index contributed by atoms with van der Waals surface area (Å²) in [4.78, 5) is 34.2. The number of carbonyl (C=O) groups is 3. The topological polar surface area (TPSA) is 108 Å². The van der Waals surface area contributed by atoms with E-state index in [1.54, 1.807) is 0 Å². The molecule has 2 atom stereocenters. The van der Waals surface area contributed by atoms with Crippen LogP contribution in [0, 0.1) is 5.92 Å². The molecule has 0 aromatic rings. The molecule has 19 heavy (non-hydrogen) atoms. The van der Waals surface area contributed by atoms with Crippen molar-refractivity contribution < 1.29 is 19.5 Å². The number of hydrogen-bond acceptors (Lipinski definition) is 3. The van der Waals surface area contributed by atoms with Gasteiger partial charge in [0.1, 0.15) is 12.1 Å². The third-order valence-corrected chi connectivity index (χ3v) is 2.90. The summed E-state index contributed by atoms with van der Waals surface area (Å²) < 4.78 is 0. The summed E-state index contributed by atoms with van der Waals surface area (Å²) in [5, 5.41) is 16.5. The van der Waals surface area contributed by atoms with E-state index in [-0.39, 0.29) is 11.8 Å². The fourth-order valence-electron chi connectivity index (χ4n) is 1.96. The molecular weight excluding hydrogens is 250 g/mol. The largest absolute Gasteiger partial charge is 0.480 e.